The third-order valence-electron chi connectivity index (χ3n) is 7.20. The second-order valence-electron chi connectivity index (χ2n) is 9.84. The normalized spacial score (nSPS) is 15.9. The van der Waals surface area contributed by atoms with E-state index in [1.807, 2.05) is 60.7 Å². The van der Waals surface area contributed by atoms with Crippen molar-refractivity contribution in [3.05, 3.63) is 131 Å². The molecule has 0 saturated heterocycles. The Balaban J connectivity index is 1.50. The summed E-state index contributed by atoms with van der Waals surface area (Å²) in [5, 5.41) is 20.8. The maximum atomic E-state index is 14.2. The lowest BCUT2D eigenvalue weighted by atomic mass is 9.90. The highest BCUT2D eigenvalue weighted by Crippen LogP contribution is 2.50. The molecule has 7 nitrogen and oxygen atoms in total. The van der Waals surface area contributed by atoms with Crippen LogP contribution in [-0.4, -0.2) is 35.4 Å². The third kappa shape index (κ3) is 5.52. The second kappa shape index (κ2) is 12.0. The number of ketones is 1. The number of aromatic hydroxyl groups is 2. The molecule has 0 spiro atoms. The number of hydrogen-bond acceptors (Lipinski definition) is 8. The molecule has 0 saturated carbocycles. The Labute approximate surface area is 253 Å². The average molecular weight is 589 g/mol. The van der Waals surface area contributed by atoms with E-state index in [0.29, 0.717) is 28.3 Å². The lowest BCUT2D eigenvalue weighted by Gasteiger charge is -2.35. The summed E-state index contributed by atoms with van der Waals surface area (Å²) in [4.78, 5) is 22.4. The minimum absolute atomic E-state index is 0.0236. The number of carbonyl (C=O) groups excluding carboxylic acids is 1. The minimum atomic E-state index is -0.439. The van der Waals surface area contributed by atoms with E-state index >= 15 is 0 Å². The van der Waals surface area contributed by atoms with Crippen LogP contribution in [0, 0.1) is 0 Å². The Kier molecular flexibility index (Phi) is 7.77. The van der Waals surface area contributed by atoms with Crippen LogP contribution in [0.2, 0.25) is 0 Å². The maximum absolute atomic E-state index is 14.2. The lowest BCUT2D eigenvalue weighted by molar-refractivity contribution is -0.111. The van der Waals surface area contributed by atoms with E-state index in [9.17, 15) is 15.0 Å². The first-order valence-corrected chi connectivity index (χ1v) is 14.4. The van der Waals surface area contributed by atoms with Gasteiger partial charge in [0.15, 0.2) is 33.9 Å². The molecule has 0 fully saturated rings. The van der Waals surface area contributed by atoms with Gasteiger partial charge in [0.2, 0.25) is 0 Å². The number of thioether (sulfide) groups is 1. The first kappa shape index (κ1) is 27.9. The van der Waals surface area contributed by atoms with Gasteiger partial charge in [-0.3, -0.25) is 4.79 Å². The Morgan fingerprint density at radius 3 is 2.12 bits per heavy atom. The van der Waals surface area contributed by atoms with Crippen molar-refractivity contribution in [2.45, 2.75) is 10.9 Å². The number of carbonyl (C=O) groups is 1. The smallest absolute Gasteiger partial charge is 0.186 e. The van der Waals surface area contributed by atoms with Crippen LogP contribution >= 0.6 is 11.8 Å². The number of rotatable bonds is 8. The fourth-order valence-corrected chi connectivity index (χ4v) is 6.18. The van der Waals surface area contributed by atoms with Crippen molar-refractivity contribution in [3.8, 4) is 23.0 Å². The molecule has 0 bridgehead atoms. The number of phenols is 2. The number of amidine groups is 1. The van der Waals surface area contributed by atoms with Crippen molar-refractivity contribution in [1.82, 2.24) is 0 Å². The average Bonchev–Trinajstić information content (AvgIpc) is 3.41. The summed E-state index contributed by atoms with van der Waals surface area (Å²) in [6, 6.07) is 27.6. The van der Waals surface area contributed by atoms with E-state index in [2.05, 4.69) is 11.0 Å². The highest BCUT2D eigenvalue weighted by Gasteiger charge is 2.41. The molecule has 0 aliphatic carbocycles. The molecule has 0 amide bonds. The van der Waals surface area contributed by atoms with Gasteiger partial charge in [-0.2, -0.15) is 0 Å². The highest BCUT2D eigenvalue weighted by atomic mass is 32.2. The van der Waals surface area contributed by atoms with Crippen LogP contribution in [0.1, 0.15) is 22.7 Å². The SMILES string of the molecule is COc1cc(/C=C/C(=O)C2=C(/C=C/c3ccc(O)c(OC)c3)N=C3Sc4ccccc4N3C2c2ccccc2)ccc1O. The molecule has 0 radical (unpaired) electrons. The van der Waals surface area contributed by atoms with E-state index in [-0.39, 0.29) is 17.3 Å². The molecule has 2 aliphatic rings. The molecule has 214 valence electrons. The monoisotopic (exact) mass is 588 g/mol. The number of nitrogens with zero attached hydrogens (tertiary/aromatic N) is 2. The number of allylic oxidation sites excluding steroid dienone is 2. The zero-order valence-corrected chi connectivity index (χ0v) is 24.3. The van der Waals surface area contributed by atoms with E-state index in [1.54, 1.807) is 48.2 Å². The summed E-state index contributed by atoms with van der Waals surface area (Å²) in [5.41, 5.74) is 4.47. The Bertz CT molecular complexity index is 1830. The molecule has 2 aliphatic heterocycles. The summed E-state index contributed by atoms with van der Waals surface area (Å²) in [7, 11) is 2.98. The van der Waals surface area contributed by atoms with Crippen LogP contribution in [0.3, 0.4) is 0 Å². The summed E-state index contributed by atoms with van der Waals surface area (Å²) in [5.74, 6) is 0.534. The molecule has 8 heteroatoms. The van der Waals surface area contributed by atoms with Crippen LogP contribution in [0.4, 0.5) is 5.69 Å². The van der Waals surface area contributed by atoms with Gasteiger partial charge in [-0.25, -0.2) is 4.99 Å². The highest BCUT2D eigenvalue weighted by molar-refractivity contribution is 8.14. The van der Waals surface area contributed by atoms with Gasteiger partial charge in [0, 0.05) is 4.90 Å². The molecule has 4 aromatic rings. The van der Waals surface area contributed by atoms with E-state index in [4.69, 9.17) is 14.5 Å². The number of fused-ring (bicyclic) bond motifs is 3. The van der Waals surface area contributed by atoms with Gasteiger partial charge in [-0.15, -0.1) is 0 Å². The van der Waals surface area contributed by atoms with Gasteiger partial charge in [-0.1, -0.05) is 66.7 Å². The van der Waals surface area contributed by atoms with E-state index < -0.39 is 6.04 Å². The van der Waals surface area contributed by atoms with Crippen molar-refractivity contribution >= 4 is 40.6 Å². The third-order valence-corrected chi connectivity index (χ3v) is 8.24. The van der Waals surface area contributed by atoms with Crippen LogP contribution in [-0.2, 0) is 4.79 Å². The number of ether oxygens (including phenoxy) is 2. The minimum Gasteiger partial charge on any atom is -0.504 e. The molecule has 1 unspecified atom stereocenters. The van der Waals surface area contributed by atoms with Gasteiger partial charge in [0.25, 0.3) is 0 Å². The van der Waals surface area contributed by atoms with E-state index in [1.165, 1.54) is 26.4 Å². The number of aliphatic imine (C=N–C) groups is 1. The number of phenolic OH excluding ortho intramolecular Hbond substituents is 2. The van der Waals surface area contributed by atoms with Gasteiger partial charge in [0.1, 0.15) is 0 Å². The van der Waals surface area contributed by atoms with Crippen LogP contribution < -0.4 is 14.4 Å². The summed E-state index contributed by atoms with van der Waals surface area (Å²) < 4.78 is 10.5. The van der Waals surface area contributed by atoms with E-state index in [0.717, 1.165) is 26.9 Å². The largest absolute Gasteiger partial charge is 0.504 e. The Morgan fingerprint density at radius 1 is 0.814 bits per heavy atom. The molecule has 1 atom stereocenters. The summed E-state index contributed by atoms with van der Waals surface area (Å²) >= 11 is 1.57. The Morgan fingerprint density at radius 2 is 1.44 bits per heavy atom. The van der Waals surface area contributed by atoms with Crippen LogP contribution in [0.25, 0.3) is 12.2 Å². The van der Waals surface area contributed by atoms with Gasteiger partial charge < -0.3 is 24.6 Å². The number of para-hydroxylation sites is 1. The predicted octanol–water partition coefficient (Wildman–Crippen LogP) is 7.39. The number of anilines is 1. The first-order valence-electron chi connectivity index (χ1n) is 13.5. The van der Waals surface area contributed by atoms with Crippen LogP contribution in [0.5, 0.6) is 23.0 Å². The fourth-order valence-electron chi connectivity index (χ4n) is 5.12. The Hall–Kier alpha value is -5.21. The molecular formula is C35H28N2O5S. The topological polar surface area (TPSA) is 91.6 Å². The predicted molar refractivity (Wildman–Crippen MR) is 171 cm³/mol. The van der Waals surface area contributed by atoms with Crippen LogP contribution in [0.15, 0.2) is 124 Å². The van der Waals surface area contributed by atoms with Gasteiger partial charge in [-0.05, 0) is 77.0 Å². The van der Waals surface area contributed by atoms with Gasteiger partial charge >= 0.3 is 0 Å². The number of hydrogen-bond donors (Lipinski definition) is 2. The van der Waals surface area contributed by atoms with Crippen molar-refractivity contribution in [1.29, 1.82) is 0 Å². The van der Waals surface area contributed by atoms with Crippen molar-refractivity contribution in [2.24, 2.45) is 4.99 Å². The molecule has 2 N–H and O–H groups in total. The van der Waals surface area contributed by atoms with Crippen molar-refractivity contribution in [2.75, 3.05) is 19.1 Å². The molecule has 2 heterocycles. The summed E-state index contributed by atoms with van der Waals surface area (Å²) in [6.45, 7) is 0. The quantitative estimate of drug-likeness (QED) is 0.207. The zero-order chi connectivity index (χ0) is 29.9. The second-order valence-corrected chi connectivity index (χ2v) is 10.8. The van der Waals surface area contributed by atoms with Crippen molar-refractivity contribution < 1.29 is 24.5 Å². The summed E-state index contributed by atoms with van der Waals surface area (Å²) in [6.07, 6.45) is 6.93. The lowest BCUT2D eigenvalue weighted by Crippen LogP contribution is -2.36. The van der Waals surface area contributed by atoms with Gasteiger partial charge in [0.05, 0.1) is 37.2 Å². The van der Waals surface area contributed by atoms with Crippen molar-refractivity contribution in [3.63, 3.8) is 0 Å². The molecule has 43 heavy (non-hydrogen) atoms. The molecular weight excluding hydrogens is 560 g/mol. The maximum Gasteiger partial charge on any atom is 0.186 e. The molecule has 6 rings (SSSR count). The first-order chi connectivity index (χ1) is 21.0. The molecule has 4 aromatic carbocycles. The number of benzene rings is 4. The number of methoxy groups -OCH3 is 2. The zero-order valence-electron chi connectivity index (χ0n) is 23.5. The standard InChI is InChI=1S/C35H28N2O5S/c1-41-30-20-22(13-17-27(30)38)12-16-25-33(29(40)19-15-23-14-18-28(39)31(21-23)42-2)34(24-8-4-3-5-9-24)37-26-10-6-7-11-32(26)43-35(37)36-25/h3-21,34,38-39H,1-2H3/b16-12+,19-15+. The fraction of sp³-hybridized carbons (Fsp3) is 0.0857. The molecule has 0 aromatic heterocycles.